The van der Waals surface area contributed by atoms with Crippen molar-refractivity contribution in [3.05, 3.63) is 47.7 Å². The summed E-state index contributed by atoms with van der Waals surface area (Å²) in [6, 6.07) is 10.2. The van der Waals surface area contributed by atoms with Crippen LogP contribution in [0.2, 0.25) is 0 Å². The first-order valence-electron chi connectivity index (χ1n) is 7.45. The van der Waals surface area contributed by atoms with Gasteiger partial charge in [-0.2, -0.15) is 0 Å². The maximum Gasteiger partial charge on any atom is 0.242 e. The molecule has 21 heavy (non-hydrogen) atoms. The number of pyridine rings is 1. The van der Waals surface area contributed by atoms with Crippen molar-refractivity contribution in [3.8, 4) is 11.6 Å². The summed E-state index contributed by atoms with van der Waals surface area (Å²) in [5, 5.41) is 3.12. The molecule has 4 nitrogen and oxygen atoms in total. The van der Waals surface area contributed by atoms with Gasteiger partial charge in [-0.05, 0) is 36.7 Å². The Morgan fingerprint density at radius 3 is 3.00 bits per heavy atom. The molecule has 0 fully saturated rings. The average molecular weight is 283 g/mol. The molecule has 1 aliphatic heterocycles. The minimum absolute atomic E-state index is 0.631. The van der Waals surface area contributed by atoms with E-state index in [9.17, 15) is 0 Å². The Balaban J connectivity index is 1.90. The molecule has 110 valence electrons. The van der Waals surface area contributed by atoms with Gasteiger partial charge in [0.1, 0.15) is 5.75 Å². The third-order valence-electron chi connectivity index (χ3n) is 4.00. The summed E-state index contributed by atoms with van der Waals surface area (Å²) in [5.41, 5.74) is 3.58. The number of benzene rings is 1. The molecule has 3 rings (SSSR count). The van der Waals surface area contributed by atoms with Crippen LogP contribution in [-0.2, 0) is 13.0 Å². The topological polar surface area (TPSA) is 37.4 Å². The maximum absolute atomic E-state index is 6.08. The van der Waals surface area contributed by atoms with E-state index in [1.165, 1.54) is 11.1 Å². The number of rotatable bonds is 4. The molecule has 0 atom stereocenters. The van der Waals surface area contributed by atoms with Crippen molar-refractivity contribution in [3.63, 3.8) is 0 Å². The van der Waals surface area contributed by atoms with E-state index < -0.39 is 0 Å². The highest BCUT2D eigenvalue weighted by Crippen LogP contribution is 2.33. The normalized spacial score (nSPS) is 14.6. The van der Waals surface area contributed by atoms with Crippen LogP contribution >= 0.6 is 0 Å². The smallest absolute Gasteiger partial charge is 0.242 e. The summed E-state index contributed by atoms with van der Waals surface area (Å²) < 4.78 is 6.08. The van der Waals surface area contributed by atoms with Gasteiger partial charge in [0.05, 0.1) is 5.69 Å². The van der Waals surface area contributed by atoms with Gasteiger partial charge in [0.25, 0.3) is 0 Å². The van der Waals surface area contributed by atoms with Crippen LogP contribution in [0.1, 0.15) is 18.1 Å². The van der Waals surface area contributed by atoms with Gasteiger partial charge in [0.2, 0.25) is 5.88 Å². The second-order valence-electron chi connectivity index (χ2n) is 5.22. The molecule has 0 saturated heterocycles. The quantitative estimate of drug-likeness (QED) is 0.934. The number of ether oxygens (including phenoxy) is 1. The lowest BCUT2D eigenvalue weighted by molar-refractivity contribution is 0.265. The first-order valence-corrected chi connectivity index (χ1v) is 7.45. The lowest BCUT2D eigenvalue weighted by Crippen LogP contribution is -2.30. The van der Waals surface area contributed by atoms with E-state index >= 15 is 0 Å². The van der Waals surface area contributed by atoms with Crippen LogP contribution in [-0.4, -0.2) is 30.0 Å². The second-order valence-corrected chi connectivity index (χ2v) is 5.22. The number of aromatic nitrogens is 1. The molecule has 1 aromatic heterocycles. The molecule has 0 amide bonds. The van der Waals surface area contributed by atoms with Crippen molar-refractivity contribution in [1.82, 2.24) is 9.88 Å². The predicted molar refractivity (Wildman–Crippen MR) is 85.0 cm³/mol. The molecule has 1 aromatic carbocycles. The number of likely N-dealkylation sites (N-methyl/N-ethyl adjacent to an activating group) is 1. The Kier molecular flexibility index (Phi) is 4.06. The van der Waals surface area contributed by atoms with Crippen molar-refractivity contribution in [2.75, 3.05) is 25.5 Å². The fourth-order valence-electron chi connectivity index (χ4n) is 2.76. The molecule has 0 aliphatic carbocycles. The van der Waals surface area contributed by atoms with Crippen LogP contribution in [0.4, 0.5) is 5.69 Å². The van der Waals surface area contributed by atoms with E-state index in [-0.39, 0.29) is 0 Å². The summed E-state index contributed by atoms with van der Waals surface area (Å²) >= 11 is 0. The number of nitrogens with one attached hydrogen (secondary N) is 1. The Bertz CT molecular complexity index is 627. The largest absolute Gasteiger partial charge is 0.437 e. The van der Waals surface area contributed by atoms with Crippen molar-refractivity contribution < 1.29 is 4.74 Å². The van der Waals surface area contributed by atoms with Gasteiger partial charge in [-0.25, -0.2) is 4.98 Å². The molecule has 0 unspecified atom stereocenters. The maximum atomic E-state index is 6.08. The Morgan fingerprint density at radius 1 is 1.29 bits per heavy atom. The van der Waals surface area contributed by atoms with E-state index in [1.54, 1.807) is 6.20 Å². The van der Waals surface area contributed by atoms with Crippen LogP contribution in [0.3, 0.4) is 0 Å². The van der Waals surface area contributed by atoms with E-state index in [4.69, 9.17) is 4.74 Å². The molecular weight excluding hydrogens is 262 g/mol. The standard InChI is InChI=1S/C17H21N3O/c1-3-20-11-9-14-13(12-20)6-4-8-16(14)21-17-15(18-2)7-5-10-19-17/h4-8,10,18H,3,9,11-12H2,1-2H3. The summed E-state index contributed by atoms with van der Waals surface area (Å²) in [6.07, 6.45) is 2.78. The molecule has 1 aliphatic rings. The zero-order valence-electron chi connectivity index (χ0n) is 12.6. The predicted octanol–water partition coefficient (Wildman–Crippen LogP) is 3.29. The van der Waals surface area contributed by atoms with E-state index in [0.29, 0.717) is 5.88 Å². The molecule has 4 heteroatoms. The van der Waals surface area contributed by atoms with Crippen molar-refractivity contribution >= 4 is 5.69 Å². The summed E-state index contributed by atoms with van der Waals surface area (Å²) in [6.45, 7) is 5.39. The third kappa shape index (κ3) is 2.85. The molecule has 2 heterocycles. The highest BCUT2D eigenvalue weighted by molar-refractivity contribution is 5.54. The van der Waals surface area contributed by atoms with Gasteiger partial charge < -0.3 is 10.1 Å². The minimum atomic E-state index is 0.631. The van der Waals surface area contributed by atoms with E-state index in [2.05, 4.69) is 34.3 Å². The average Bonchev–Trinajstić information content (AvgIpc) is 2.55. The molecule has 0 bridgehead atoms. The highest BCUT2D eigenvalue weighted by Gasteiger charge is 2.19. The van der Waals surface area contributed by atoms with Gasteiger partial charge in [0.15, 0.2) is 0 Å². The summed E-state index contributed by atoms with van der Waals surface area (Å²) in [5.74, 6) is 1.56. The monoisotopic (exact) mass is 283 g/mol. The highest BCUT2D eigenvalue weighted by atomic mass is 16.5. The van der Waals surface area contributed by atoms with Crippen LogP contribution in [0.15, 0.2) is 36.5 Å². The Labute approximate surface area is 125 Å². The van der Waals surface area contributed by atoms with Crippen LogP contribution in [0, 0.1) is 0 Å². The first-order chi connectivity index (χ1) is 10.3. The zero-order valence-corrected chi connectivity index (χ0v) is 12.6. The molecule has 2 aromatic rings. The summed E-state index contributed by atoms with van der Waals surface area (Å²) in [4.78, 5) is 6.78. The third-order valence-corrected chi connectivity index (χ3v) is 4.00. The van der Waals surface area contributed by atoms with Gasteiger partial charge in [-0.1, -0.05) is 19.1 Å². The summed E-state index contributed by atoms with van der Waals surface area (Å²) in [7, 11) is 1.88. The second kappa shape index (κ2) is 6.14. The number of fused-ring (bicyclic) bond motifs is 1. The minimum Gasteiger partial charge on any atom is -0.437 e. The number of anilines is 1. The lowest BCUT2D eigenvalue weighted by Gasteiger charge is -2.28. The van der Waals surface area contributed by atoms with Crippen LogP contribution in [0.25, 0.3) is 0 Å². The van der Waals surface area contributed by atoms with Crippen molar-refractivity contribution in [2.24, 2.45) is 0 Å². The van der Waals surface area contributed by atoms with Gasteiger partial charge >= 0.3 is 0 Å². The van der Waals surface area contributed by atoms with Crippen LogP contribution in [0.5, 0.6) is 11.6 Å². The van der Waals surface area contributed by atoms with Crippen molar-refractivity contribution in [2.45, 2.75) is 19.9 Å². The van der Waals surface area contributed by atoms with E-state index in [0.717, 1.165) is 37.5 Å². The first kappa shape index (κ1) is 13.9. The number of hydrogen-bond acceptors (Lipinski definition) is 4. The van der Waals surface area contributed by atoms with Gasteiger partial charge in [0, 0.05) is 31.9 Å². The Hall–Kier alpha value is -2.07. The fraction of sp³-hybridized carbons (Fsp3) is 0.353. The molecule has 0 radical (unpaired) electrons. The molecule has 1 N–H and O–H groups in total. The Morgan fingerprint density at radius 2 is 2.19 bits per heavy atom. The van der Waals surface area contributed by atoms with Gasteiger partial charge in [-0.15, -0.1) is 0 Å². The van der Waals surface area contributed by atoms with Crippen LogP contribution < -0.4 is 10.1 Å². The fourth-order valence-corrected chi connectivity index (χ4v) is 2.76. The molecular formula is C17H21N3O. The molecule has 0 saturated carbocycles. The van der Waals surface area contributed by atoms with Crippen molar-refractivity contribution in [1.29, 1.82) is 0 Å². The van der Waals surface area contributed by atoms with E-state index in [1.807, 2.05) is 25.2 Å². The van der Waals surface area contributed by atoms with Gasteiger partial charge in [-0.3, -0.25) is 4.90 Å². The number of hydrogen-bond donors (Lipinski definition) is 1. The number of nitrogens with zero attached hydrogens (tertiary/aromatic N) is 2. The molecule has 0 spiro atoms. The zero-order chi connectivity index (χ0) is 14.7. The lowest BCUT2D eigenvalue weighted by atomic mass is 9.99. The SMILES string of the molecule is CCN1CCc2c(cccc2Oc2ncccc2NC)C1.